The van der Waals surface area contributed by atoms with Crippen LogP contribution in [0.25, 0.3) is 10.6 Å². The van der Waals surface area contributed by atoms with E-state index in [0.29, 0.717) is 46.4 Å². The van der Waals surface area contributed by atoms with Gasteiger partial charge in [-0.15, -0.1) is 10.2 Å². The number of aromatic nitrogens is 2. The Bertz CT molecular complexity index is 1390. The molecule has 1 unspecified atom stereocenters. The minimum Gasteiger partial charge on any atom is -0.493 e. The Morgan fingerprint density at radius 3 is 2.60 bits per heavy atom. The van der Waals surface area contributed by atoms with Crippen molar-refractivity contribution in [3.05, 3.63) is 87.9 Å². The molecule has 1 aliphatic heterocycles. The number of halogens is 1. The van der Waals surface area contributed by atoms with Crippen LogP contribution in [0.4, 0.5) is 0 Å². The molecule has 1 aliphatic rings. The molecule has 7 nitrogen and oxygen atoms in total. The third-order valence-corrected chi connectivity index (χ3v) is 6.87. The Balaban J connectivity index is 1.27. The van der Waals surface area contributed by atoms with Crippen LogP contribution >= 0.6 is 22.9 Å². The Kier molecular flexibility index (Phi) is 6.48. The third-order valence-electron chi connectivity index (χ3n) is 5.61. The van der Waals surface area contributed by atoms with Gasteiger partial charge in [0.2, 0.25) is 0 Å². The van der Waals surface area contributed by atoms with Gasteiger partial charge in [0.25, 0.3) is 0 Å². The first kappa shape index (κ1) is 23.0. The molecule has 5 rings (SSSR count). The van der Waals surface area contributed by atoms with Gasteiger partial charge in [-0.25, -0.2) is 0 Å². The average Bonchev–Trinajstić information content (AvgIpc) is 3.33. The zero-order valence-corrected chi connectivity index (χ0v) is 19.9. The first-order valence-corrected chi connectivity index (χ1v) is 12.1. The lowest BCUT2D eigenvalue weighted by molar-refractivity contribution is -0.139. The molecule has 0 aliphatic carbocycles. The first-order chi connectivity index (χ1) is 17.0. The summed E-state index contributed by atoms with van der Waals surface area (Å²) in [6.07, 6.45) is 0.544. The van der Waals surface area contributed by atoms with Gasteiger partial charge in [-0.3, -0.25) is 9.59 Å². The predicted octanol–water partition coefficient (Wildman–Crippen LogP) is 6.03. The topological polar surface area (TPSA) is 98.6 Å². The summed E-state index contributed by atoms with van der Waals surface area (Å²) in [6, 6.07) is 19.6. The Morgan fingerprint density at radius 2 is 1.86 bits per heavy atom. The number of carboxylic acid groups (broad SMARTS) is 1. The molecular weight excluding hydrogens is 488 g/mol. The number of fused-ring (bicyclic) bond motifs is 1. The number of hydrogen-bond acceptors (Lipinski definition) is 7. The van der Waals surface area contributed by atoms with Crippen molar-refractivity contribution >= 4 is 34.7 Å². The monoisotopic (exact) mass is 506 g/mol. The van der Waals surface area contributed by atoms with Crippen molar-refractivity contribution in [2.45, 2.75) is 18.8 Å². The summed E-state index contributed by atoms with van der Waals surface area (Å²) in [7, 11) is 0. The number of rotatable bonds is 7. The molecule has 0 saturated carbocycles. The Morgan fingerprint density at radius 1 is 1.09 bits per heavy atom. The van der Waals surface area contributed by atoms with Crippen molar-refractivity contribution in [3.63, 3.8) is 0 Å². The van der Waals surface area contributed by atoms with Crippen molar-refractivity contribution in [1.29, 1.82) is 0 Å². The van der Waals surface area contributed by atoms with Crippen LogP contribution in [0.2, 0.25) is 5.02 Å². The van der Waals surface area contributed by atoms with E-state index in [9.17, 15) is 14.7 Å². The van der Waals surface area contributed by atoms with Crippen LogP contribution in [-0.4, -0.2) is 33.7 Å². The van der Waals surface area contributed by atoms with Crippen LogP contribution in [0.3, 0.4) is 0 Å². The number of hydrogen-bond donors (Lipinski definition) is 1. The van der Waals surface area contributed by atoms with E-state index in [1.54, 1.807) is 36.4 Å². The van der Waals surface area contributed by atoms with Gasteiger partial charge in [0.05, 0.1) is 24.0 Å². The SMILES string of the molecule is O=C(Cc1nnc(-c2ccccc2)s1)c1ccc(Oc2cc3c(cc2Cl)C(C(=O)O)CCO3)cc1. The smallest absolute Gasteiger partial charge is 0.311 e. The summed E-state index contributed by atoms with van der Waals surface area (Å²) in [5.41, 5.74) is 2.03. The van der Waals surface area contributed by atoms with E-state index in [4.69, 9.17) is 21.1 Å². The second-order valence-electron chi connectivity index (χ2n) is 7.94. The van der Waals surface area contributed by atoms with E-state index >= 15 is 0 Å². The summed E-state index contributed by atoms with van der Waals surface area (Å²) in [5, 5.41) is 19.5. The Hall–Kier alpha value is -3.75. The van der Waals surface area contributed by atoms with Gasteiger partial charge in [-0.05, 0) is 36.8 Å². The van der Waals surface area contributed by atoms with Crippen molar-refractivity contribution in [3.8, 4) is 27.8 Å². The molecule has 1 N–H and O–H groups in total. The van der Waals surface area contributed by atoms with Gasteiger partial charge < -0.3 is 14.6 Å². The summed E-state index contributed by atoms with van der Waals surface area (Å²) in [5.74, 6) is -0.375. The summed E-state index contributed by atoms with van der Waals surface area (Å²) in [4.78, 5) is 24.3. The highest BCUT2D eigenvalue weighted by molar-refractivity contribution is 7.14. The van der Waals surface area contributed by atoms with Crippen LogP contribution in [0, 0.1) is 0 Å². The fourth-order valence-electron chi connectivity index (χ4n) is 3.82. The predicted molar refractivity (Wildman–Crippen MR) is 132 cm³/mol. The first-order valence-electron chi connectivity index (χ1n) is 10.9. The molecule has 0 spiro atoms. The number of ether oxygens (including phenoxy) is 2. The third kappa shape index (κ3) is 5.03. The molecule has 4 aromatic rings. The number of ketones is 1. The maximum absolute atomic E-state index is 12.7. The van der Waals surface area contributed by atoms with Crippen LogP contribution in [0.1, 0.15) is 33.3 Å². The molecule has 35 heavy (non-hydrogen) atoms. The minimum absolute atomic E-state index is 0.0766. The molecule has 0 amide bonds. The van der Waals surface area contributed by atoms with E-state index < -0.39 is 11.9 Å². The number of aliphatic carboxylic acids is 1. The van der Waals surface area contributed by atoms with Gasteiger partial charge in [-0.2, -0.15) is 0 Å². The van der Waals surface area contributed by atoms with E-state index in [-0.39, 0.29) is 17.2 Å². The number of carboxylic acids is 1. The van der Waals surface area contributed by atoms with E-state index in [0.717, 1.165) is 10.6 Å². The van der Waals surface area contributed by atoms with E-state index in [1.165, 1.54) is 11.3 Å². The molecule has 0 saturated heterocycles. The van der Waals surface area contributed by atoms with Crippen LogP contribution in [0.15, 0.2) is 66.7 Å². The molecule has 0 radical (unpaired) electrons. The number of benzene rings is 3. The highest BCUT2D eigenvalue weighted by Gasteiger charge is 2.29. The molecule has 176 valence electrons. The number of carbonyl (C=O) groups is 2. The average molecular weight is 507 g/mol. The summed E-state index contributed by atoms with van der Waals surface area (Å²) in [6.45, 7) is 0.309. The van der Waals surface area contributed by atoms with Crippen LogP contribution in [0.5, 0.6) is 17.2 Å². The summed E-state index contributed by atoms with van der Waals surface area (Å²) >= 11 is 7.76. The normalized spacial score (nSPS) is 14.6. The van der Waals surface area contributed by atoms with Gasteiger partial charge in [0, 0.05) is 22.8 Å². The van der Waals surface area contributed by atoms with E-state index in [2.05, 4.69) is 10.2 Å². The molecule has 1 aromatic heterocycles. The van der Waals surface area contributed by atoms with Gasteiger partial charge in [-0.1, -0.05) is 53.3 Å². The zero-order valence-electron chi connectivity index (χ0n) is 18.3. The largest absolute Gasteiger partial charge is 0.493 e. The highest BCUT2D eigenvalue weighted by Crippen LogP contribution is 2.41. The standard InChI is InChI=1S/C26H19ClN2O5S/c27-20-12-19-18(26(31)32)10-11-33-22(19)14-23(20)34-17-8-6-15(7-9-17)21(30)13-24-28-29-25(35-24)16-4-2-1-3-5-16/h1-9,12,14,18H,10-11,13H2,(H,31,32). The Labute approximate surface area is 209 Å². The highest BCUT2D eigenvalue weighted by atomic mass is 35.5. The number of nitrogens with zero attached hydrogens (tertiary/aromatic N) is 2. The maximum atomic E-state index is 12.7. The number of carbonyl (C=O) groups excluding carboxylic acids is 1. The number of Topliss-reactive ketones (excluding diaryl/α,β-unsaturated/α-hetero) is 1. The van der Waals surface area contributed by atoms with Crippen molar-refractivity contribution in [1.82, 2.24) is 10.2 Å². The quantitative estimate of drug-likeness (QED) is 0.306. The second kappa shape index (κ2) is 9.85. The zero-order chi connectivity index (χ0) is 24.4. The van der Waals surface area contributed by atoms with Crippen molar-refractivity contribution in [2.75, 3.05) is 6.61 Å². The minimum atomic E-state index is -0.913. The molecule has 0 bridgehead atoms. The lowest BCUT2D eigenvalue weighted by Crippen LogP contribution is -2.20. The molecule has 2 heterocycles. The van der Waals surface area contributed by atoms with Gasteiger partial charge in [0.15, 0.2) is 5.78 Å². The van der Waals surface area contributed by atoms with Crippen LogP contribution in [-0.2, 0) is 11.2 Å². The lowest BCUT2D eigenvalue weighted by Gasteiger charge is -2.24. The van der Waals surface area contributed by atoms with Gasteiger partial charge in [0.1, 0.15) is 27.3 Å². The van der Waals surface area contributed by atoms with Gasteiger partial charge >= 0.3 is 5.97 Å². The summed E-state index contributed by atoms with van der Waals surface area (Å²) < 4.78 is 11.5. The fraction of sp³-hybridized carbons (Fsp3) is 0.154. The molecule has 1 atom stereocenters. The lowest BCUT2D eigenvalue weighted by atomic mass is 9.93. The molecule has 3 aromatic carbocycles. The van der Waals surface area contributed by atoms with Crippen molar-refractivity contribution < 1.29 is 24.2 Å². The molecule has 9 heteroatoms. The van der Waals surface area contributed by atoms with Crippen molar-refractivity contribution in [2.24, 2.45) is 0 Å². The molecule has 0 fully saturated rings. The second-order valence-corrected chi connectivity index (χ2v) is 9.41. The fourth-order valence-corrected chi connectivity index (χ4v) is 4.88. The maximum Gasteiger partial charge on any atom is 0.311 e. The van der Waals surface area contributed by atoms with Crippen LogP contribution < -0.4 is 9.47 Å². The van der Waals surface area contributed by atoms with E-state index in [1.807, 2.05) is 30.3 Å². The molecular formula is C26H19ClN2O5S.